The maximum Gasteiger partial charge on any atom is 0.133 e. The number of benzene rings is 1. The second-order valence-electron chi connectivity index (χ2n) is 6.67. The van der Waals surface area contributed by atoms with Crippen LogP contribution >= 0.6 is 0 Å². The third kappa shape index (κ3) is 3.21. The molecule has 2 nitrogen and oxygen atoms in total. The zero-order chi connectivity index (χ0) is 16.4. The van der Waals surface area contributed by atoms with E-state index in [2.05, 4.69) is 32.9 Å². The number of aryl methyl sites for hydroxylation is 1. The molecule has 0 saturated carbocycles. The summed E-state index contributed by atoms with van der Waals surface area (Å²) in [6.07, 6.45) is 5.69. The Hall–Kier alpha value is -1.96. The summed E-state index contributed by atoms with van der Waals surface area (Å²) in [5, 5.41) is 0. The minimum absolute atomic E-state index is 0.906. The van der Waals surface area contributed by atoms with Gasteiger partial charge in [-0.15, -0.1) is 0 Å². The maximum absolute atomic E-state index is 6.29. The van der Waals surface area contributed by atoms with Crippen molar-refractivity contribution in [2.24, 2.45) is 0 Å². The van der Waals surface area contributed by atoms with Gasteiger partial charge in [-0.25, -0.2) is 0 Å². The molecule has 1 aromatic carbocycles. The van der Waals surface area contributed by atoms with Crippen LogP contribution in [-0.4, -0.2) is 7.11 Å². The summed E-state index contributed by atoms with van der Waals surface area (Å²) in [4.78, 5) is 0. The number of allylic oxidation sites excluding steroid dienone is 2. The molecule has 2 aromatic rings. The van der Waals surface area contributed by atoms with Crippen LogP contribution < -0.4 is 4.74 Å². The Labute approximate surface area is 139 Å². The molecule has 0 spiro atoms. The zero-order valence-electron chi connectivity index (χ0n) is 14.7. The largest absolute Gasteiger partial charge is 0.497 e. The molecule has 23 heavy (non-hydrogen) atoms. The highest BCUT2D eigenvalue weighted by Crippen LogP contribution is 2.36. The van der Waals surface area contributed by atoms with Gasteiger partial charge >= 0.3 is 0 Å². The Kier molecular flexibility index (Phi) is 4.61. The molecule has 0 N–H and O–H groups in total. The van der Waals surface area contributed by atoms with Crippen LogP contribution in [0.1, 0.15) is 61.8 Å². The van der Waals surface area contributed by atoms with Gasteiger partial charge in [0.05, 0.1) is 7.11 Å². The Morgan fingerprint density at radius 1 is 1.04 bits per heavy atom. The van der Waals surface area contributed by atoms with Crippen LogP contribution in [0.3, 0.4) is 0 Å². The Balaban J connectivity index is 2.01. The first-order chi connectivity index (χ1) is 11.1. The summed E-state index contributed by atoms with van der Waals surface area (Å²) in [5.41, 5.74) is 6.77. The van der Waals surface area contributed by atoms with Crippen LogP contribution in [0.5, 0.6) is 5.75 Å². The van der Waals surface area contributed by atoms with E-state index in [1.165, 1.54) is 46.4 Å². The minimum Gasteiger partial charge on any atom is -0.497 e. The fourth-order valence-electron chi connectivity index (χ4n) is 3.30. The molecule has 0 aliphatic heterocycles. The smallest absolute Gasteiger partial charge is 0.133 e. The number of furan rings is 1. The van der Waals surface area contributed by atoms with Crippen molar-refractivity contribution >= 4 is 5.57 Å². The van der Waals surface area contributed by atoms with Gasteiger partial charge in [0.15, 0.2) is 0 Å². The van der Waals surface area contributed by atoms with E-state index < -0.39 is 0 Å². The molecule has 0 atom stereocenters. The number of ether oxygens (including phenoxy) is 1. The molecule has 1 aliphatic rings. The van der Waals surface area contributed by atoms with Crippen molar-refractivity contribution in [3.63, 3.8) is 0 Å². The maximum atomic E-state index is 6.29. The van der Waals surface area contributed by atoms with E-state index >= 15 is 0 Å². The lowest BCUT2D eigenvalue weighted by Crippen LogP contribution is -2.02. The van der Waals surface area contributed by atoms with Crippen molar-refractivity contribution in [2.75, 3.05) is 7.11 Å². The van der Waals surface area contributed by atoms with Crippen molar-refractivity contribution in [1.29, 1.82) is 0 Å². The highest BCUT2D eigenvalue weighted by molar-refractivity contribution is 5.67. The van der Waals surface area contributed by atoms with Crippen LogP contribution in [0.2, 0.25) is 0 Å². The van der Waals surface area contributed by atoms with Gasteiger partial charge in [-0.3, -0.25) is 0 Å². The van der Waals surface area contributed by atoms with Crippen molar-refractivity contribution in [3.8, 4) is 5.75 Å². The van der Waals surface area contributed by atoms with Gasteiger partial charge < -0.3 is 9.15 Å². The van der Waals surface area contributed by atoms with Crippen LogP contribution in [0, 0.1) is 0 Å². The Bertz CT molecular complexity index is 713. The molecule has 1 heterocycles. The van der Waals surface area contributed by atoms with Gasteiger partial charge in [-0.05, 0) is 68.9 Å². The fraction of sp³-hybridized carbons (Fsp3) is 0.429. The minimum atomic E-state index is 0.906. The molecule has 3 rings (SSSR count). The lowest BCUT2D eigenvalue weighted by atomic mass is 9.90. The molecular formula is C21H26O2. The highest BCUT2D eigenvalue weighted by atomic mass is 16.5. The first-order valence-electron chi connectivity index (χ1n) is 8.51. The van der Waals surface area contributed by atoms with Crippen LogP contribution in [-0.2, 0) is 19.3 Å². The van der Waals surface area contributed by atoms with E-state index in [4.69, 9.17) is 9.15 Å². The molecule has 1 aromatic heterocycles. The third-order valence-corrected chi connectivity index (χ3v) is 4.91. The van der Waals surface area contributed by atoms with Gasteiger partial charge in [-0.2, -0.15) is 0 Å². The van der Waals surface area contributed by atoms with Crippen LogP contribution in [0.4, 0.5) is 0 Å². The molecule has 0 unspecified atom stereocenters. The summed E-state index contributed by atoms with van der Waals surface area (Å²) in [7, 11) is 1.71. The first-order valence-corrected chi connectivity index (χ1v) is 8.51. The van der Waals surface area contributed by atoms with Crippen molar-refractivity contribution in [1.82, 2.24) is 0 Å². The monoisotopic (exact) mass is 310 g/mol. The van der Waals surface area contributed by atoms with Crippen molar-refractivity contribution in [2.45, 2.75) is 52.9 Å². The predicted molar refractivity (Wildman–Crippen MR) is 95.1 cm³/mol. The van der Waals surface area contributed by atoms with Crippen LogP contribution in [0.15, 0.2) is 34.3 Å². The van der Waals surface area contributed by atoms with Crippen molar-refractivity contribution in [3.05, 3.63) is 58.0 Å². The Morgan fingerprint density at radius 2 is 1.74 bits per heavy atom. The lowest BCUT2D eigenvalue weighted by Gasteiger charge is -2.12. The van der Waals surface area contributed by atoms with Gasteiger partial charge in [-0.1, -0.05) is 17.7 Å². The predicted octanol–water partition coefficient (Wildman–Crippen LogP) is 5.57. The molecule has 0 amide bonds. The summed E-state index contributed by atoms with van der Waals surface area (Å²) in [6.45, 7) is 6.50. The quantitative estimate of drug-likeness (QED) is 0.736. The Morgan fingerprint density at radius 3 is 2.39 bits per heavy atom. The summed E-state index contributed by atoms with van der Waals surface area (Å²) in [5.74, 6) is 3.23. The molecule has 2 heteroatoms. The van der Waals surface area contributed by atoms with Crippen molar-refractivity contribution < 1.29 is 9.15 Å². The summed E-state index contributed by atoms with van der Waals surface area (Å²) < 4.78 is 11.6. The first kappa shape index (κ1) is 15.9. The van der Waals surface area contributed by atoms with E-state index in [1.54, 1.807) is 7.11 Å². The second-order valence-corrected chi connectivity index (χ2v) is 6.67. The standard InChI is InChI=1S/C21H26O2/c1-14(2)15(3)21-19(18-7-5-6-8-20(18)23-21)13-16-9-11-17(22-4)12-10-16/h9-12H,5-8,13H2,1-4H3. The van der Waals surface area contributed by atoms with E-state index in [0.717, 1.165) is 30.8 Å². The fourth-order valence-corrected chi connectivity index (χ4v) is 3.30. The molecule has 0 radical (unpaired) electrons. The van der Waals surface area contributed by atoms with Gasteiger partial charge in [0.25, 0.3) is 0 Å². The number of fused-ring (bicyclic) bond motifs is 1. The SMILES string of the molecule is COc1ccc(Cc2c(C(C)=C(C)C)oc3c2CCCC3)cc1. The highest BCUT2D eigenvalue weighted by Gasteiger charge is 2.23. The van der Waals surface area contributed by atoms with E-state index in [-0.39, 0.29) is 0 Å². The summed E-state index contributed by atoms with van der Waals surface area (Å²) in [6, 6.07) is 8.38. The lowest BCUT2D eigenvalue weighted by molar-refractivity contribution is 0.414. The summed E-state index contributed by atoms with van der Waals surface area (Å²) >= 11 is 0. The zero-order valence-corrected chi connectivity index (χ0v) is 14.7. The molecule has 0 fully saturated rings. The number of hydrogen-bond donors (Lipinski definition) is 0. The topological polar surface area (TPSA) is 22.4 Å². The molecule has 0 bridgehead atoms. The van der Waals surface area contributed by atoms with Gasteiger partial charge in [0.2, 0.25) is 0 Å². The molecule has 1 aliphatic carbocycles. The second kappa shape index (κ2) is 6.66. The van der Waals surface area contributed by atoms with E-state index in [0.29, 0.717) is 0 Å². The van der Waals surface area contributed by atoms with Gasteiger partial charge in [0.1, 0.15) is 17.3 Å². The number of methoxy groups -OCH3 is 1. The third-order valence-electron chi connectivity index (χ3n) is 4.91. The van der Waals surface area contributed by atoms with E-state index in [1.807, 2.05) is 12.1 Å². The average molecular weight is 310 g/mol. The van der Waals surface area contributed by atoms with Gasteiger partial charge in [0, 0.05) is 18.4 Å². The molecule has 122 valence electrons. The number of hydrogen-bond acceptors (Lipinski definition) is 2. The molecule has 0 saturated heterocycles. The number of rotatable bonds is 4. The van der Waals surface area contributed by atoms with E-state index in [9.17, 15) is 0 Å². The molecular weight excluding hydrogens is 284 g/mol. The van der Waals surface area contributed by atoms with Crippen LogP contribution in [0.25, 0.3) is 5.57 Å². The average Bonchev–Trinajstić information content (AvgIpc) is 2.93. The normalized spacial score (nSPS) is 13.6.